The maximum atomic E-state index is 11.0. The van der Waals surface area contributed by atoms with Gasteiger partial charge in [0.2, 0.25) is 0 Å². The molecule has 3 nitrogen and oxygen atoms in total. The first-order valence-electron chi connectivity index (χ1n) is 4.58. The van der Waals surface area contributed by atoms with Gasteiger partial charge in [-0.2, -0.15) is 0 Å². The fourth-order valence-electron chi connectivity index (χ4n) is 1.45. The van der Waals surface area contributed by atoms with Crippen molar-refractivity contribution in [3.63, 3.8) is 0 Å². The zero-order chi connectivity index (χ0) is 11.4. The van der Waals surface area contributed by atoms with E-state index in [0.717, 1.165) is 12.0 Å². The van der Waals surface area contributed by atoms with Gasteiger partial charge in [-0.25, -0.2) is 0 Å². The van der Waals surface area contributed by atoms with E-state index in [4.69, 9.17) is 21.1 Å². The average molecular weight is 229 g/mol. The Morgan fingerprint density at radius 1 is 1.27 bits per heavy atom. The molecule has 0 atom stereocenters. The number of halogens is 1. The molecule has 82 valence electrons. The number of rotatable bonds is 4. The minimum absolute atomic E-state index is 0.377. The Hall–Kier alpha value is -1.22. The maximum absolute atomic E-state index is 11.0. The molecule has 0 aromatic heterocycles. The molecule has 1 aromatic rings. The standard InChI is InChI=1S/C11H13ClO3/c1-4-8-9(14-2)5-7(11(12)13)6-10(8)15-3/h5-6H,4H2,1-3H3. The van der Waals surface area contributed by atoms with Gasteiger partial charge in [0, 0.05) is 11.1 Å². The van der Waals surface area contributed by atoms with Crippen molar-refractivity contribution in [3.05, 3.63) is 23.3 Å². The Kier molecular flexibility index (Phi) is 3.97. The van der Waals surface area contributed by atoms with Crippen molar-refractivity contribution in [2.45, 2.75) is 13.3 Å². The molecule has 0 heterocycles. The molecule has 0 spiro atoms. The third kappa shape index (κ3) is 2.42. The number of carbonyl (C=O) groups is 1. The lowest BCUT2D eigenvalue weighted by atomic mass is 10.1. The summed E-state index contributed by atoms with van der Waals surface area (Å²) < 4.78 is 10.4. The minimum Gasteiger partial charge on any atom is -0.496 e. The molecule has 1 aromatic carbocycles. The summed E-state index contributed by atoms with van der Waals surface area (Å²) in [7, 11) is 3.10. The van der Waals surface area contributed by atoms with Crippen LogP contribution in [0.25, 0.3) is 0 Å². The smallest absolute Gasteiger partial charge is 0.252 e. The molecule has 0 fully saturated rings. The van der Waals surface area contributed by atoms with Crippen LogP contribution < -0.4 is 9.47 Å². The van der Waals surface area contributed by atoms with E-state index in [2.05, 4.69) is 0 Å². The molecule has 1 rings (SSSR count). The van der Waals surface area contributed by atoms with Crippen LogP contribution in [0.3, 0.4) is 0 Å². The average Bonchev–Trinajstić information content (AvgIpc) is 2.26. The van der Waals surface area contributed by atoms with Crippen molar-refractivity contribution < 1.29 is 14.3 Å². The van der Waals surface area contributed by atoms with Crippen LogP contribution in [0.15, 0.2) is 12.1 Å². The second-order valence-electron chi connectivity index (χ2n) is 2.99. The van der Waals surface area contributed by atoms with Crippen molar-refractivity contribution in [1.82, 2.24) is 0 Å². The highest BCUT2D eigenvalue weighted by molar-refractivity contribution is 6.67. The summed E-state index contributed by atoms with van der Waals surface area (Å²) in [5.74, 6) is 1.25. The van der Waals surface area contributed by atoms with Crippen LogP contribution in [0.2, 0.25) is 0 Å². The van der Waals surface area contributed by atoms with Gasteiger partial charge in [-0.15, -0.1) is 0 Å². The molecular weight excluding hydrogens is 216 g/mol. The van der Waals surface area contributed by atoms with Gasteiger partial charge < -0.3 is 9.47 Å². The van der Waals surface area contributed by atoms with E-state index >= 15 is 0 Å². The topological polar surface area (TPSA) is 35.5 Å². The zero-order valence-electron chi connectivity index (χ0n) is 8.96. The highest BCUT2D eigenvalue weighted by Crippen LogP contribution is 2.31. The molecule has 0 amide bonds. The number of ether oxygens (including phenoxy) is 2. The van der Waals surface area contributed by atoms with E-state index in [1.807, 2.05) is 6.92 Å². The Morgan fingerprint density at radius 3 is 2.00 bits per heavy atom. The van der Waals surface area contributed by atoms with Crippen molar-refractivity contribution in [3.8, 4) is 11.5 Å². The van der Waals surface area contributed by atoms with Crippen molar-refractivity contribution in [1.29, 1.82) is 0 Å². The van der Waals surface area contributed by atoms with E-state index < -0.39 is 5.24 Å². The quantitative estimate of drug-likeness (QED) is 0.744. The molecule has 0 radical (unpaired) electrons. The molecule has 0 N–H and O–H groups in total. The first-order chi connectivity index (χ1) is 7.13. The molecule has 0 aliphatic heterocycles. The van der Waals surface area contributed by atoms with Crippen molar-refractivity contribution in [2.24, 2.45) is 0 Å². The molecule has 4 heteroatoms. The molecule has 0 unspecified atom stereocenters. The summed E-state index contributed by atoms with van der Waals surface area (Å²) in [5.41, 5.74) is 1.31. The number of methoxy groups -OCH3 is 2. The summed E-state index contributed by atoms with van der Waals surface area (Å²) in [5, 5.41) is -0.519. The van der Waals surface area contributed by atoms with E-state index in [9.17, 15) is 4.79 Å². The SMILES string of the molecule is CCc1c(OC)cc(C(=O)Cl)cc1OC. The van der Waals surface area contributed by atoms with Gasteiger partial charge in [-0.1, -0.05) is 6.92 Å². The van der Waals surface area contributed by atoms with Crippen molar-refractivity contribution >= 4 is 16.8 Å². The van der Waals surface area contributed by atoms with Crippen LogP contribution in [0.4, 0.5) is 0 Å². The van der Waals surface area contributed by atoms with Gasteiger partial charge in [0.1, 0.15) is 11.5 Å². The lowest BCUT2D eigenvalue weighted by Gasteiger charge is -2.12. The van der Waals surface area contributed by atoms with Gasteiger partial charge in [-0.3, -0.25) is 4.79 Å². The summed E-state index contributed by atoms with van der Waals surface area (Å²) in [4.78, 5) is 11.0. The lowest BCUT2D eigenvalue weighted by Crippen LogP contribution is -1.99. The second-order valence-corrected chi connectivity index (χ2v) is 3.33. The van der Waals surface area contributed by atoms with Crippen LogP contribution in [0.5, 0.6) is 11.5 Å². The zero-order valence-corrected chi connectivity index (χ0v) is 9.72. The predicted molar refractivity (Wildman–Crippen MR) is 59.1 cm³/mol. The Labute approximate surface area is 93.9 Å². The maximum Gasteiger partial charge on any atom is 0.252 e. The second kappa shape index (κ2) is 5.03. The minimum atomic E-state index is -0.519. The number of carbonyl (C=O) groups excluding carboxylic acids is 1. The van der Waals surface area contributed by atoms with Gasteiger partial charge in [0.05, 0.1) is 14.2 Å². The highest BCUT2D eigenvalue weighted by Gasteiger charge is 2.13. The van der Waals surface area contributed by atoms with E-state index in [1.54, 1.807) is 26.4 Å². The normalized spacial score (nSPS) is 9.87. The predicted octanol–water partition coefficient (Wildman–Crippen LogP) is 2.65. The number of hydrogen-bond donors (Lipinski definition) is 0. The van der Waals surface area contributed by atoms with E-state index in [-0.39, 0.29) is 0 Å². The van der Waals surface area contributed by atoms with Crippen LogP contribution >= 0.6 is 11.6 Å². The van der Waals surface area contributed by atoms with Crippen LogP contribution in [0.1, 0.15) is 22.8 Å². The fraction of sp³-hybridized carbons (Fsp3) is 0.364. The highest BCUT2D eigenvalue weighted by atomic mass is 35.5. The largest absolute Gasteiger partial charge is 0.496 e. The molecular formula is C11H13ClO3. The van der Waals surface area contributed by atoms with Gasteiger partial charge in [0.15, 0.2) is 0 Å². The summed E-state index contributed by atoms with van der Waals surface area (Å²) >= 11 is 5.41. The van der Waals surface area contributed by atoms with Crippen molar-refractivity contribution in [2.75, 3.05) is 14.2 Å². The molecule has 0 bridgehead atoms. The summed E-state index contributed by atoms with van der Waals surface area (Å²) in [6.07, 6.45) is 0.767. The Balaban J connectivity index is 3.35. The summed E-state index contributed by atoms with van der Waals surface area (Å²) in [6.45, 7) is 1.99. The molecule has 0 aliphatic rings. The lowest BCUT2D eigenvalue weighted by molar-refractivity contribution is 0.108. The van der Waals surface area contributed by atoms with Gasteiger partial charge in [-0.05, 0) is 30.2 Å². The van der Waals surface area contributed by atoms with E-state index in [1.165, 1.54) is 0 Å². The monoisotopic (exact) mass is 228 g/mol. The first kappa shape index (κ1) is 11.9. The van der Waals surface area contributed by atoms with Crippen LogP contribution in [0, 0.1) is 0 Å². The summed E-state index contributed by atoms with van der Waals surface area (Å²) in [6, 6.07) is 3.24. The third-order valence-electron chi connectivity index (χ3n) is 2.19. The Morgan fingerprint density at radius 2 is 1.73 bits per heavy atom. The Bertz CT molecular complexity index is 349. The number of benzene rings is 1. The van der Waals surface area contributed by atoms with Crippen LogP contribution in [-0.4, -0.2) is 19.5 Å². The number of hydrogen-bond acceptors (Lipinski definition) is 3. The van der Waals surface area contributed by atoms with Crippen LogP contribution in [-0.2, 0) is 6.42 Å². The molecule has 0 saturated carbocycles. The van der Waals surface area contributed by atoms with Gasteiger partial charge in [0.25, 0.3) is 5.24 Å². The molecule has 0 aliphatic carbocycles. The molecule has 0 saturated heterocycles. The molecule has 15 heavy (non-hydrogen) atoms. The van der Waals surface area contributed by atoms with Gasteiger partial charge >= 0.3 is 0 Å². The van der Waals surface area contributed by atoms with E-state index in [0.29, 0.717) is 17.1 Å². The fourth-order valence-corrected chi connectivity index (χ4v) is 1.56. The first-order valence-corrected chi connectivity index (χ1v) is 4.96. The third-order valence-corrected chi connectivity index (χ3v) is 2.41.